The van der Waals surface area contributed by atoms with Crippen LogP contribution in [0.5, 0.6) is 11.5 Å². The first-order valence-corrected chi connectivity index (χ1v) is 11.3. The summed E-state index contributed by atoms with van der Waals surface area (Å²) in [6, 6.07) is 24.0. The summed E-state index contributed by atoms with van der Waals surface area (Å²) in [5, 5.41) is 12.3. The molecule has 1 amide bonds. The molecule has 0 aromatic heterocycles. The van der Waals surface area contributed by atoms with Gasteiger partial charge in [0, 0.05) is 31.9 Å². The number of nitrogens with zero attached hydrogens (tertiary/aromatic N) is 2. The number of ether oxygens (including phenoxy) is 1. The molecule has 2 N–H and O–H groups in total. The third-order valence-electron chi connectivity index (χ3n) is 5.77. The summed E-state index contributed by atoms with van der Waals surface area (Å²) in [6.07, 6.45) is 0. The van der Waals surface area contributed by atoms with Gasteiger partial charge in [-0.1, -0.05) is 36.4 Å². The van der Waals surface area contributed by atoms with Crippen molar-refractivity contribution in [3.8, 4) is 11.5 Å². The number of rotatable bonds is 10. The van der Waals surface area contributed by atoms with Gasteiger partial charge in [-0.25, -0.2) is 4.79 Å². The van der Waals surface area contributed by atoms with Gasteiger partial charge in [-0.3, -0.25) is 9.69 Å². The fourth-order valence-electron chi connectivity index (χ4n) is 4.22. The van der Waals surface area contributed by atoms with E-state index in [0.717, 1.165) is 36.6 Å². The molecule has 0 bridgehead atoms. The van der Waals surface area contributed by atoms with Crippen molar-refractivity contribution in [1.82, 2.24) is 9.80 Å². The lowest BCUT2D eigenvalue weighted by molar-refractivity contribution is -0.119. The van der Waals surface area contributed by atoms with Crippen LogP contribution in [-0.2, 0) is 11.3 Å². The molecular formula is C27H29N3O4. The van der Waals surface area contributed by atoms with Crippen LogP contribution in [0.4, 0.5) is 5.69 Å². The molecule has 34 heavy (non-hydrogen) atoms. The van der Waals surface area contributed by atoms with Crippen molar-refractivity contribution < 1.29 is 19.4 Å². The van der Waals surface area contributed by atoms with Crippen LogP contribution in [0.1, 0.15) is 15.9 Å². The Morgan fingerprint density at radius 3 is 2.32 bits per heavy atom. The van der Waals surface area contributed by atoms with Crippen molar-refractivity contribution in [3.05, 3.63) is 90.0 Å². The van der Waals surface area contributed by atoms with Gasteiger partial charge in [0.1, 0.15) is 11.5 Å². The predicted octanol–water partition coefficient (Wildman–Crippen LogP) is 4.18. The molecule has 7 heteroatoms. The minimum atomic E-state index is -0.900. The zero-order chi connectivity index (χ0) is 23.9. The molecule has 1 heterocycles. The van der Waals surface area contributed by atoms with Crippen molar-refractivity contribution >= 4 is 17.6 Å². The summed E-state index contributed by atoms with van der Waals surface area (Å²) < 4.78 is 5.77. The lowest BCUT2D eigenvalue weighted by atomic mass is 9.99. The molecule has 3 aromatic carbocycles. The minimum Gasteiger partial charge on any atom is -0.478 e. The summed E-state index contributed by atoms with van der Waals surface area (Å²) in [5.74, 6) is 1.000. The highest BCUT2D eigenvalue weighted by molar-refractivity contribution is 5.92. The van der Waals surface area contributed by atoms with Gasteiger partial charge >= 0.3 is 5.97 Å². The second-order valence-corrected chi connectivity index (χ2v) is 8.71. The third-order valence-corrected chi connectivity index (χ3v) is 5.77. The van der Waals surface area contributed by atoms with E-state index < -0.39 is 5.97 Å². The van der Waals surface area contributed by atoms with Gasteiger partial charge in [-0.15, -0.1) is 0 Å². The molecule has 1 aliphatic rings. The smallest absolute Gasteiger partial charge is 0.336 e. The zero-order valence-electron chi connectivity index (χ0n) is 19.2. The van der Waals surface area contributed by atoms with Crippen LogP contribution < -0.4 is 10.1 Å². The summed E-state index contributed by atoms with van der Waals surface area (Å²) in [7, 11) is 2.00. The summed E-state index contributed by atoms with van der Waals surface area (Å²) >= 11 is 0. The quantitative estimate of drug-likeness (QED) is 0.473. The highest BCUT2D eigenvalue weighted by atomic mass is 16.5. The topological polar surface area (TPSA) is 82.1 Å². The lowest BCUT2D eigenvalue weighted by Gasteiger charge is -2.40. The lowest BCUT2D eigenvalue weighted by Crippen LogP contribution is -2.53. The van der Waals surface area contributed by atoms with Gasteiger partial charge in [0.25, 0.3) is 0 Å². The van der Waals surface area contributed by atoms with Crippen LogP contribution in [-0.4, -0.2) is 60.0 Å². The van der Waals surface area contributed by atoms with Gasteiger partial charge in [-0.2, -0.15) is 0 Å². The monoisotopic (exact) mass is 459 g/mol. The number of anilines is 1. The zero-order valence-corrected chi connectivity index (χ0v) is 19.2. The maximum absolute atomic E-state index is 12.4. The number of hydrogen-bond acceptors (Lipinski definition) is 5. The van der Waals surface area contributed by atoms with E-state index in [1.165, 1.54) is 0 Å². The molecule has 0 saturated carbocycles. The first-order valence-electron chi connectivity index (χ1n) is 11.3. The number of carboxylic acids is 1. The fourth-order valence-corrected chi connectivity index (χ4v) is 4.22. The minimum absolute atomic E-state index is 0.0427. The van der Waals surface area contributed by atoms with Crippen LogP contribution in [0.15, 0.2) is 78.9 Å². The Morgan fingerprint density at radius 2 is 1.62 bits per heavy atom. The molecule has 0 unspecified atom stereocenters. The van der Waals surface area contributed by atoms with Crippen LogP contribution in [0.3, 0.4) is 0 Å². The van der Waals surface area contributed by atoms with E-state index in [2.05, 4.69) is 15.1 Å². The van der Waals surface area contributed by atoms with E-state index >= 15 is 0 Å². The van der Waals surface area contributed by atoms with Gasteiger partial charge in [0.05, 0.1) is 12.1 Å². The van der Waals surface area contributed by atoms with E-state index in [4.69, 9.17) is 4.74 Å². The summed E-state index contributed by atoms with van der Waals surface area (Å²) in [5.41, 5.74) is 1.90. The maximum Gasteiger partial charge on any atom is 0.336 e. The standard InChI is InChI=1S/C27H29N3O4/c1-29(18-21-7-5-6-10-25(21)27(32)33)15-20-16-30(17-20)19-26(31)28-22-11-13-24(14-12-22)34-23-8-3-2-4-9-23/h2-14,20H,15-19H2,1H3,(H,28,31)(H,32,33). The summed E-state index contributed by atoms with van der Waals surface area (Å²) in [6.45, 7) is 3.49. The number of benzene rings is 3. The number of carboxylic acid groups (broad SMARTS) is 1. The van der Waals surface area contributed by atoms with Crippen molar-refractivity contribution in [1.29, 1.82) is 0 Å². The molecular weight excluding hydrogens is 430 g/mol. The highest BCUT2D eigenvalue weighted by Crippen LogP contribution is 2.23. The van der Waals surface area contributed by atoms with E-state index in [1.54, 1.807) is 12.1 Å². The van der Waals surface area contributed by atoms with Crippen LogP contribution in [0.2, 0.25) is 0 Å². The fraction of sp³-hybridized carbons (Fsp3) is 0.259. The Labute approximate surface area is 199 Å². The molecule has 1 aliphatic heterocycles. The average Bonchev–Trinajstić information content (AvgIpc) is 2.80. The third kappa shape index (κ3) is 6.43. The molecule has 1 saturated heterocycles. The molecule has 3 aromatic rings. The molecule has 0 spiro atoms. The molecule has 4 rings (SSSR count). The van der Waals surface area contributed by atoms with Gasteiger partial charge in [-0.05, 0) is 61.0 Å². The van der Waals surface area contributed by atoms with Gasteiger partial charge < -0.3 is 20.1 Å². The Bertz CT molecular complexity index is 1110. The number of carbonyl (C=O) groups excluding carboxylic acids is 1. The number of carbonyl (C=O) groups is 2. The van der Waals surface area contributed by atoms with E-state index in [0.29, 0.717) is 30.3 Å². The maximum atomic E-state index is 12.4. The first kappa shape index (κ1) is 23.5. The number of likely N-dealkylation sites (tertiary alicyclic amines) is 1. The Kier molecular flexibility index (Phi) is 7.57. The average molecular weight is 460 g/mol. The van der Waals surface area contributed by atoms with Crippen molar-refractivity contribution in [3.63, 3.8) is 0 Å². The Hall–Kier alpha value is -3.68. The normalized spacial score (nSPS) is 13.9. The molecule has 176 valence electrons. The number of amides is 1. The molecule has 1 fully saturated rings. The molecule has 0 radical (unpaired) electrons. The van der Waals surface area contributed by atoms with E-state index in [1.807, 2.05) is 73.8 Å². The van der Waals surface area contributed by atoms with Crippen LogP contribution in [0, 0.1) is 5.92 Å². The van der Waals surface area contributed by atoms with Crippen LogP contribution in [0.25, 0.3) is 0 Å². The van der Waals surface area contributed by atoms with Crippen molar-refractivity contribution in [2.24, 2.45) is 5.92 Å². The van der Waals surface area contributed by atoms with Gasteiger partial charge in [0.15, 0.2) is 0 Å². The van der Waals surface area contributed by atoms with Crippen molar-refractivity contribution in [2.45, 2.75) is 6.54 Å². The van der Waals surface area contributed by atoms with Crippen molar-refractivity contribution in [2.75, 3.05) is 38.5 Å². The van der Waals surface area contributed by atoms with Crippen LogP contribution >= 0.6 is 0 Å². The van der Waals surface area contributed by atoms with E-state index in [9.17, 15) is 14.7 Å². The summed E-state index contributed by atoms with van der Waals surface area (Å²) in [4.78, 5) is 28.1. The molecule has 0 aliphatic carbocycles. The SMILES string of the molecule is CN(Cc1ccccc1C(=O)O)CC1CN(CC(=O)Nc2ccc(Oc3ccccc3)cc2)C1. The molecule has 7 nitrogen and oxygen atoms in total. The van der Waals surface area contributed by atoms with E-state index in [-0.39, 0.29) is 5.91 Å². The van der Waals surface area contributed by atoms with Gasteiger partial charge in [0.2, 0.25) is 5.91 Å². The number of nitrogens with one attached hydrogen (secondary N) is 1. The second kappa shape index (κ2) is 11.0. The Balaban J connectivity index is 1.17. The number of para-hydroxylation sites is 1. The second-order valence-electron chi connectivity index (χ2n) is 8.71. The number of hydrogen-bond donors (Lipinski definition) is 2. The number of aromatic carboxylic acids is 1. The largest absolute Gasteiger partial charge is 0.478 e. The highest BCUT2D eigenvalue weighted by Gasteiger charge is 2.29. The first-order chi connectivity index (χ1) is 16.5. The Morgan fingerprint density at radius 1 is 0.971 bits per heavy atom. The molecule has 0 atom stereocenters. The predicted molar refractivity (Wildman–Crippen MR) is 131 cm³/mol.